The number of unbranched alkanes of at least 4 members (excludes halogenated alkanes) is 4. The van der Waals surface area contributed by atoms with Crippen LogP contribution in [0.25, 0.3) is 0 Å². The second kappa shape index (κ2) is 14.5. The van der Waals surface area contributed by atoms with Gasteiger partial charge in [-0.15, -0.1) is 0 Å². The Hall–Kier alpha value is 0.500. The van der Waals surface area contributed by atoms with Crippen LogP contribution in [0.1, 0.15) is 105 Å². The fourth-order valence-corrected chi connectivity index (χ4v) is 6.33. The average Bonchev–Trinajstić information content (AvgIpc) is 2.69. The molecule has 4 heteroatoms. The molecular weight excluding hydrogens is 387 g/mol. The number of piperazine rings is 1. The number of nitrogens with zero attached hydrogens (tertiary/aromatic N) is 2. The summed E-state index contributed by atoms with van der Waals surface area (Å²) in [5.74, 6) is 0. The number of hydrogen-bond donors (Lipinski definition) is 0. The molecule has 0 aromatic rings. The second-order valence-corrected chi connectivity index (χ2v) is 9.61. The van der Waals surface area contributed by atoms with Gasteiger partial charge in [0.15, 0.2) is 0 Å². The van der Waals surface area contributed by atoms with Crippen LogP contribution in [0.3, 0.4) is 0 Å². The fourth-order valence-electron chi connectivity index (χ4n) is 6.33. The summed E-state index contributed by atoms with van der Waals surface area (Å²) in [6.07, 6.45) is 17.3. The van der Waals surface area contributed by atoms with Crippen molar-refractivity contribution >= 4 is 0 Å². The predicted molar refractivity (Wildman–Crippen MR) is 115 cm³/mol. The lowest BCUT2D eigenvalue weighted by Crippen LogP contribution is -3.00. The van der Waals surface area contributed by atoms with Crippen molar-refractivity contribution < 1.29 is 33.8 Å². The molecule has 1 saturated carbocycles. The predicted octanol–water partition coefficient (Wildman–Crippen LogP) is 0.153. The van der Waals surface area contributed by atoms with Crippen molar-refractivity contribution in [1.29, 1.82) is 0 Å². The zero-order valence-electron chi connectivity index (χ0n) is 19.5. The fraction of sp³-hybridized carbons (Fsp3) is 1.00. The Morgan fingerprint density at radius 2 is 0.821 bits per heavy atom. The summed E-state index contributed by atoms with van der Waals surface area (Å²) >= 11 is 0. The van der Waals surface area contributed by atoms with Gasteiger partial charge in [-0.2, -0.15) is 0 Å². The van der Waals surface area contributed by atoms with Crippen LogP contribution < -0.4 is 24.8 Å². The summed E-state index contributed by atoms with van der Waals surface area (Å²) in [5, 5.41) is 0. The molecule has 0 spiro atoms. The highest BCUT2D eigenvalue weighted by molar-refractivity contribution is 4.83. The number of fused-ring (bicyclic) bond motifs is 1. The standard InChI is InChI=1S/C24H50N2.2ClH/c1-5-9-17-25(18-10-6-2)21-22-26(19-11-7-3,20-12-8-4)24-16-14-13-15-23(24)25;;/h23-24H,5-22H2,1-4H3;2*1H/q+2;;/p-2/t23-,24-;;/m1../s1. The minimum atomic E-state index is 0. The summed E-state index contributed by atoms with van der Waals surface area (Å²) in [5.41, 5.74) is 0. The van der Waals surface area contributed by atoms with Crippen LogP contribution >= 0.6 is 0 Å². The van der Waals surface area contributed by atoms with Crippen LogP contribution in [-0.2, 0) is 0 Å². The molecule has 0 bridgehead atoms. The van der Waals surface area contributed by atoms with Crippen LogP contribution in [0.5, 0.6) is 0 Å². The van der Waals surface area contributed by atoms with E-state index in [1.807, 2.05) is 0 Å². The molecule has 28 heavy (non-hydrogen) atoms. The zero-order chi connectivity index (χ0) is 18.9. The molecule has 2 nitrogen and oxygen atoms in total. The third kappa shape index (κ3) is 6.76. The molecule has 0 aromatic carbocycles. The maximum atomic E-state index is 2.39. The molecule has 0 radical (unpaired) electrons. The summed E-state index contributed by atoms with van der Waals surface area (Å²) in [6.45, 7) is 18.4. The molecule has 0 amide bonds. The van der Waals surface area contributed by atoms with E-state index in [2.05, 4.69) is 27.7 Å². The lowest BCUT2D eigenvalue weighted by atomic mass is 9.81. The van der Waals surface area contributed by atoms with Crippen molar-refractivity contribution in [3.8, 4) is 0 Å². The Bertz CT molecular complexity index is 337. The van der Waals surface area contributed by atoms with E-state index in [9.17, 15) is 0 Å². The quantitative estimate of drug-likeness (QED) is 0.382. The van der Waals surface area contributed by atoms with Gasteiger partial charge in [-0.1, -0.05) is 53.4 Å². The van der Waals surface area contributed by atoms with E-state index in [-0.39, 0.29) is 24.8 Å². The van der Waals surface area contributed by atoms with Gasteiger partial charge in [0.1, 0.15) is 25.2 Å². The van der Waals surface area contributed by atoms with Crippen molar-refractivity contribution in [2.45, 2.75) is 117 Å². The average molecular weight is 438 g/mol. The Labute approximate surface area is 189 Å². The Morgan fingerprint density at radius 3 is 1.07 bits per heavy atom. The molecule has 1 saturated heterocycles. The first kappa shape index (κ1) is 28.5. The van der Waals surface area contributed by atoms with Gasteiger partial charge in [0.2, 0.25) is 0 Å². The smallest absolute Gasteiger partial charge is 0.142 e. The van der Waals surface area contributed by atoms with Crippen molar-refractivity contribution in [2.24, 2.45) is 0 Å². The van der Waals surface area contributed by atoms with Crippen molar-refractivity contribution in [3.63, 3.8) is 0 Å². The van der Waals surface area contributed by atoms with Crippen LogP contribution in [0.2, 0.25) is 0 Å². The molecule has 2 fully saturated rings. The number of halogens is 2. The summed E-state index contributed by atoms with van der Waals surface area (Å²) in [6, 6.07) is 1.95. The Morgan fingerprint density at radius 1 is 0.536 bits per heavy atom. The maximum absolute atomic E-state index is 2.39. The SMILES string of the molecule is CCCC[N+]1(CCCC)CC[N+](CCCC)(CCCC)[C@@H]2CCCC[C@H]21.[Cl-].[Cl-]. The minimum Gasteiger partial charge on any atom is -1.00 e. The van der Waals surface area contributed by atoms with E-state index in [1.165, 1.54) is 125 Å². The molecule has 2 rings (SSSR count). The molecule has 2 aliphatic rings. The Kier molecular flexibility index (Phi) is 14.8. The highest BCUT2D eigenvalue weighted by atomic mass is 35.5. The number of hydrogen-bond acceptors (Lipinski definition) is 0. The first-order valence-electron chi connectivity index (χ1n) is 12.4. The highest BCUT2D eigenvalue weighted by Crippen LogP contribution is 2.41. The van der Waals surface area contributed by atoms with Crippen LogP contribution in [0.4, 0.5) is 0 Å². The van der Waals surface area contributed by atoms with Gasteiger partial charge in [0.25, 0.3) is 0 Å². The van der Waals surface area contributed by atoms with Gasteiger partial charge in [-0.25, -0.2) is 0 Å². The molecule has 1 heterocycles. The molecular formula is C24H50Cl2N2. The van der Waals surface area contributed by atoms with Gasteiger partial charge in [0, 0.05) is 12.8 Å². The van der Waals surface area contributed by atoms with Crippen LogP contribution in [0, 0.1) is 0 Å². The van der Waals surface area contributed by atoms with E-state index in [0.717, 1.165) is 12.1 Å². The van der Waals surface area contributed by atoms with Crippen molar-refractivity contribution in [2.75, 3.05) is 39.3 Å². The minimum absolute atomic E-state index is 0. The van der Waals surface area contributed by atoms with Gasteiger partial charge >= 0.3 is 0 Å². The van der Waals surface area contributed by atoms with E-state index < -0.39 is 0 Å². The number of rotatable bonds is 12. The van der Waals surface area contributed by atoms with Gasteiger partial charge in [-0.3, -0.25) is 0 Å². The zero-order valence-corrected chi connectivity index (χ0v) is 21.0. The molecule has 2 atom stereocenters. The lowest BCUT2D eigenvalue weighted by Gasteiger charge is -2.60. The normalized spacial score (nSPS) is 25.3. The summed E-state index contributed by atoms with van der Waals surface area (Å²) in [4.78, 5) is 0. The lowest BCUT2D eigenvalue weighted by molar-refractivity contribution is -1.07. The first-order valence-corrected chi connectivity index (χ1v) is 12.4. The first-order chi connectivity index (χ1) is 12.7. The summed E-state index contributed by atoms with van der Waals surface area (Å²) in [7, 11) is 0. The van der Waals surface area contributed by atoms with Crippen molar-refractivity contribution in [3.05, 3.63) is 0 Å². The van der Waals surface area contributed by atoms with Crippen LogP contribution in [0.15, 0.2) is 0 Å². The van der Waals surface area contributed by atoms with Crippen LogP contribution in [-0.4, -0.2) is 60.3 Å². The highest BCUT2D eigenvalue weighted by Gasteiger charge is 2.56. The molecule has 1 aliphatic carbocycles. The third-order valence-electron chi connectivity index (χ3n) is 7.92. The summed E-state index contributed by atoms with van der Waals surface area (Å²) < 4.78 is 3.01. The van der Waals surface area contributed by atoms with E-state index in [4.69, 9.17) is 0 Å². The van der Waals surface area contributed by atoms with Crippen molar-refractivity contribution in [1.82, 2.24) is 0 Å². The molecule has 1 aliphatic heterocycles. The topological polar surface area (TPSA) is 0 Å². The van der Waals surface area contributed by atoms with Gasteiger partial charge < -0.3 is 33.8 Å². The Balaban J connectivity index is 0.00000364. The monoisotopic (exact) mass is 436 g/mol. The second-order valence-electron chi connectivity index (χ2n) is 9.61. The molecule has 0 aromatic heterocycles. The molecule has 0 N–H and O–H groups in total. The maximum Gasteiger partial charge on any atom is 0.142 e. The molecule has 0 unspecified atom stereocenters. The van der Waals surface area contributed by atoms with Gasteiger partial charge in [0.05, 0.1) is 26.2 Å². The number of quaternary nitrogens is 2. The molecule has 170 valence electrons. The van der Waals surface area contributed by atoms with E-state index in [1.54, 1.807) is 0 Å². The van der Waals surface area contributed by atoms with E-state index in [0.29, 0.717) is 0 Å². The largest absolute Gasteiger partial charge is 1.00 e. The third-order valence-corrected chi connectivity index (χ3v) is 7.92. The van der Waals surface area contributed by atoms with E-state index >= 15 is 0 Å². The van der Waals surface area contributed by atoms with Gasteiger partial charge in [-0.05, 0) is 38.5 Å².